The van der Waals surface area contributed by atoms with E-state index in [-0.39, 0.29) is 0 Å². The summed E-state index contributed by atoms with van der Waals surface area (Å²) in [6.45, 7) is 0. The highest BCUT2D eigenvalue weighted by Crippen LogP contribution is 2.07. The van der Waals surface area contributed by atoms with E-state index in [0.717, 1.165) is 0 Å². The number of hydrogen-bond acceptors (Lipinski definition) is 3. The second-order valence-electron chi connectivity index (χ2n) is 4.24. The van der Waals surface area contributed by atoms with E-state index in [1.807, 2.05) is 30.6 Å². The summed E-state index contributed by atoms with van der Waals surface area (Å²) in [5, 5.41) is 0. The van der Waals surface area contributed by atoms with Gasteiger partial charge >= 0.3 is 11.6 Å². The van der Waals surface area contributed by atoms with Crippen LogP contribution in [-0.4, -0.2) is 19.1 Å². The van der Waals surface area contributed by atoms with Crippen molar-refractivity contribution < 1.29 is 4.57 Å². The molecule has 3 aromatic heterocycles. The standard InChI is InChI=1S/C12H11N5O2/c1-15-8-9(16(2)12(19)14-10(8)18)13-11(15)17-6-4-3-5-7-17/h3-7H,1-2H3/p+1. The molecular formula is C12H12N5O2+. The van der Waals surface area contributed by atoms with Gasteiger partial charge in [0.15, 0.2) is 0 Å². The number of H-pyrrole nitrogens is 1. The first kappa shape index (κ1) is 11.4. The Morgan fingerprint density at radius 3 is 2.47 bits per heavy atom. The smallest absolute Gasteiger partial charge is 0.271 e. The van der Waals surface area contributed by atoms with Gasteiger partial charge in [0, 0.05) is 7.05 Å². The minimum atomic E-state index is -0.472. The predicted octanol–water partition coefficient (Wildman–Crippen LogP) is -0.763. The molecule has 1 N–H and O–H groups in total. The van der Waals surface area contributed by atoms with Crippen molar-refractivity contribution in [3.8, 4) is 5.95 Å². The summed E-state index contributed by atoms with van der Waals surface area (Å²) in [7, 11) is 3.32. The predicted molar refractivity (Wildman–Crippen MR) is 68.1 cm³/mol. The van der Waals surface area contributed by atoms with E-state index in [9.17, 15) is 9.59 Å². The number of nitrogens with one attached hydrogen (secondary N) is 1. The van der Waals surface area contributed by atoms with E-state index in [4.69, 9.17) is 0 Å². The van der Waals surface area contributed by atoms with Gasteiger partial charge in [-0.1, -0.05) is 6.07 Å². The molecule has 0 aromatic carbocycles. The number of aromatic nitrogens is 5. The summed E-state index contributed by atoms with van der Waals surface area (Å²) >= 11 is 0. The first-order chi connectivity index (χ1) is 9.09. The zero-order valence-electron chi connectivity index (χ0n) is 10.5. The van der Waals surface area contributed by atoms with Crippen molar-refractivity contribution in [1.29, 1.82) is 0 Å². The number of fused-ring (bicyclic) bond motifs is 1. The molecule has 0 saturated heterocycles. The van der Waals surface area contributed by atoms with Crippen LogP contribution in [0, 0.1) is 0 Å². The van der Waals surface area contributed by atoms with Gasteiger partial charge in [-0.15, -0.1) is 0 Å². The summed E-state index contributed by atoms with van der Waals surface area (Å²) in [6.07, 6.45) is 3.65. The maximum atomic E-state index is 11.9. The van der Waals surface area contributed by atoms with Crippen LogP contribution < -0.4 is 15.8 Å². The Balaban J connectivity index is 2.45. The average molecular weight is 258 g/mol. The summed E-state index contributed by atoms with van der Waals surface area (Å²) < 4.78 is 4.77. The van der Waals surface area contributed by atoms with E-state index < -0.39 is 11.2 Å². The molecule has 0 aliphatic rings. The van der Waals surface area contributed by atoms with Gasteiger partial charge in [-0.25, -0.2) is 13.9 Å². The molecule has 0 spiro atoms. The Hall–Kier alpha value is -2.70. The normalized spacial score (nSPS) is 11.1. The van der Waals surface area contributed by atoms with Crippen LogP contribution in [0.4, 0.5) is 0 Å². The van der Waals surface area contributed by atoms with Crippen LogP contribution in [0.5, 0.6) is 0 Å². The number of nitrogens with zero attached hydrogens (tertiary/aromatic N) is 4. The lowest BCUT2D eigenvalue weighted by atomic mass is 10.5. The van der Waals surface area contributed by atoms with Crippen molar-refractivity contribution in [3.63, 3.8) is 0 Å². The molecule has 3 rings (SSSR count). The molecule has 3 heterocycles. The SMILES string of the molecule is Cn1c(-[n+]2ccccc2)nc2c1c(=O)[nH]c(=O)n2C. The Bertz CT molecular complexity index is 873. The monoisotopic (exact) mass is 258 g/mol. The molecule has 0 atom stereocenters. The van der Waals surface area contributed by atoms with Crippen LogP contribution in [-0.2, 0) is 14.1 Å². The number of rotatable bonds is 1. The van der Waals surface area contributed by atoms with Crippen molar-refractivity contribution in [2.45, 2.75) is 0 Å². The molecule has 0 aliphatic carbocycles. The van der Waals surface area contributed by atoms with Crippen LogP contribution in [0.2, 0.25) is 0 Å². The number of pyridine rings is 1. The van der Waals surface area contributed by atoms with Gasteiger partial charge in [0.05, 0.1) is 19.4 Å². The Kier molecular flexibility index (Phi) is 2.34. The molecule has 0 unspecified atom stereocenters. The van der Waals surface area contributed by atoms with Gasteiger partial charge in [-0.2, -0.15) is 0 Å². The van der Waals surface area contributed by atoms with Gasteiger partial charge in [0.2, 0.25) is 5.52 Å². The summed E-state index contributed by atoms with van der Waals surface area (Å²) in [5.74, 6) is 0.572. The minimum Gasteiger partial charge on any atom is -0.271 e. The molecule has 7 nitrogen and oxygen atoms in total. The fourth-order valence-electron chi connectivity index (χ4n) is 2.06. The van der Waals surface area contributed by atoms with Crippen molar-refractivity contribution in [2.24, 2.45) is 14.1 Å². The molecule has 0 amide bonds. The van der Waals surface area contributed by atoms with Crippen LogP contribution in [0.25, 0.3) is 17.1 Å². The zero-order chi connectivity index (χ0) is 13.6. The van der Waals surface area contributed by atoms with E-state index in [1.54, 1.807) is 23.2 Å². The number of hydrogen-bond donors (Lipinski definition) is 1. The molecule has 96 valence electrons. The highest BCUT2D eigenvalue weighted by Gasteiger charge is 2.23. The average Bonchev–Trinajstić information content (AvgIpc) is 2.76. The molecule has 19 heavy (non-hydrogen) atoms. The molecule has 3 aromatic rings. The van der Waals surface area contributed by atoms with Gasteiger partial charge < -0.3 is 0 Å². The summed E-state index contributed by atoms with van der Waals surface area (Å²) in [4.78, 5) is 30.1. The Labute approximate surface area is 107 Å². The third-order valence-electron chi connectivity index (χ3n) is 3.06. The maximum absolute atomic E-state index is 11.9. The zero-order valence-corrected chi connectivity index (χ0v) is 10.5. The van der Waals surface area contributed by atoms with Crippen molar-refractivity contribution >= 4 is 11.2 Å². The number of imidazole rings is 1. The lowest BCUT2D eigenvalue weighted by Crippen LogP contribution is -2.33. The van der Waals surface area contributed by atoms with Crippen LogP contribution in [0.3, 0.4) is 0 Å². The van der Waals surface area contributed by atoms with Gasteiger partial charge in [-0.3, -0.25) is 14.3 Å². The minimum absolute atomic E-state index is 0.364. The van der Waals surface area contributed by atoms with E-state index in [0.29, 0.717) is 17.1 Å². The van der Waals surface area contributed by atoms with Gasteiger partial charge in [0.25, 0.3) is 11.2 Å². The van der Waals surface area contributed by atoms with Crippen LogP contribution >= 0.6 is 0 Å². The van der Waals surface area contributed by atoms with Crippen molar-refractivity contribution in [1.82, 2.24) is 19.1 Å². The van der Waals surface area contributed by atoms with Crippen molar-refractivity contribution in [3.05, 3.63) is 51.4 Å². The lowest BCUT2D eigenvalue weighted by Gasteiger charge is -1.95. The van der Waals surface area contributed by atoms with Gasteiger partial charge in [-0.05, 0) is 17.1 Å². The first-order valence-electron chi connectivity index (χ1n) is 5.72. The van der Waals surface area contributed by atoms with E-state index in [1.165, 1.54) is 4.57 Å². The number of aromatic amines is 1. The van der Waals surface area contributed by atoms with Crippen LogP contribution in [0.1, 0.15) is 0 Å². The van der Waals surface area contributed by atoms with Gasteiger partial charge in [0.1, 0.15) is 0 Å². The highest BCUT2D eigenvalue weighted by atomic mass is 16.2. The number of aryl methyl sites for hydroxylation is 2. The molecule has 0 aliphatic heterocycles. The second-order valence-corrected chi connectivity index (χ2v) is 4.24. The first-order valence-corrected chi connectivity index (χ1v) is 5.72. The van der Waals surface area contributed by atoms with E-state index in [2.05, 4.69) is 9.97 Å². The molecule has 7 heteroatoms. The summed E-state index contributed by atoms with van der Waals surface area (Å²) in [5.41, 5.74) is -0.174. The largest absolute Gasteiger partial charge is 0.405 e. The van der Waals surface area contributed by atoms with Crippen molar-refractivity contribution in [2.75, 3.05) is 0 Å². The molecular weight excluding hydrogens is 246 g/mol. The van der Waals surface area contributed by atoms with Crippen LogP contribution in [0.15, 0.2) is 40.2 Å². The molecule has 0 radical (unpaired) electrons. The van der Waals surface area contributed by atoms with E-state index >= 15 is 0 Å². The fourth-order valence-corrected chi connectivity index (χ4v) is 2.06. The molecule has 0 saturated carbocycles. The fraction of sp³-hybridized carbons (Fsp3) is 0.167. The topological polar surface area (TPSA) is 76.6 Å². The molecule has 0 fully saturated rings. The Morgan fingerprint density at radius 2 is 1.79 bits per heavy atom. The highest BCUT2D eigenvalue weighted by molar-refractivity contribution is 5.71. The Morgan fingerprint density at radius 1 is 1.11 bits per heavy atom. The third-order valence-corrected chi connectivity index (χ3v) is 3.06. The quantitative estimate of drug-likeness (QED) is 0.583. The lowest BCUT2D eigenvalue weighted by molar-refractivity contribution is -0.605. The second kappa shape index (κ2) is 3.91. The third kappa shape index (κ3) is 1.59. The maximum Gasteiger partial charge on any atom is 0.405 e. The molecule has 0 bridgehead atoms. The summed E-state index contributed by atoms with van der Waals surface area (Å²) in [6, 6.07) is 5.62.